The number of ether oxygens (including phenoxy) is 1. The molecule has 1 aliphatic carbocycles. The van der Waals surface area contributed by atoms with E-state index < -0.39 is 0 Å². The molecule has 0 aliphatic heterocycles. The van der Waals surface area contributed by atoms with Crippen molar-refractivity contribution in [2.24, 2.45) is 0 Å². The number of halogens is 1. The molecule has 0 spiro atoms. The van der Waals surface area contributed by atoms with Gasteiger partial charge in [-0.3, -0.25) is 4.79 Å². The number of methoxy groups -OCH3 is 1. The lowest BCUT2D eigenvalue weighted by Crippen LogP contribution is -3.00. The van der Waals surface area contributed by atoms with E-state index in [1.54, 1.807) is 17.7 Å². The lowest BCUT2D eigenvalue weighted by Gasteiger charge is -2.21. The predicted molar refractivity (Wildman–Crippen MR) is 88.0 cm³/mol. The first-order valence-electron chi connectivity index (χ1n) is 8.36. The van der Waals surface area contributed by atoms with Gasteiger partial charge in [-0.15, -0.1) is 4.98 Å². The highest BCUT2D eigenvalue weighted by atomic mass is 35.5. The van der Waals surface area contributed by atoms with Crippen LogP contribution >= 0.6 is 0 Å². The Morgan fingerprint density at radius 1 is 1.36 bits per heavy atom. The van der Waals surface area contributed by atoms with Gasteiger partial charge in [0.05, 0.1) is 19.5 Å². The number of imidazole rings is 1. The van der Waals surface area contributed by atoms with E-state index in [0.29, 0.717) is 5.78 Å². The van der Waals surface area contributed by atoms with Crippen molar-refractivity contribution in [1.29, 1.82) is 0 Å². The van der Waals surface area contributed by atoms with E-state index in [1.807, 2.05) is 16.7 Å². The Kier molecular flexibility index (Phi) is 6.36. The number of carbonyl (C=O) groups excluding carboxylic acids is 2. The summed E-state index contributed by atoms with van der Waals surface area (Å²) in [4.78, 5) is 28.3. The molecule has 1 fully saturated rings. The summed E-state index contributed by atoms with van der Waals surface area (Å²) in [7, 11) is 1.36. The van der Waals surface area contributed by atoms with Crippen molar-refractivity contribution in [3.8, 4) is 0 Å². The summed E-state index contributed by atoms with van der Waals surface area (Å²) in [5.41, 5.74) is 0.921. The number of carbonyl (C=O) groups is 2. The molecule has 1 aliphatic rings. The van der Waals surface area contributed by atoms with Crippen LogP contribution in [0.25, 0.3) is 5.78 Å². The number of anilines is 1. The molecule has 2 aromatic rings. The molecule has 0 amide bonds. The Morgan fingerprint density at radius 2 is 2.08 bits per heavy atom. The number of nitrogens with zero attached hydrogens (tertiary/aromatic N) is 3. The summed E-state index contributed by atoms with van der Waals surface area (Å²) in [5.74, 6) is 1.18. The SMILES string of the molecule is COC(=O)CNc1c(C2CCCCC2)n(C(C)=O)c2nccc[n+]12.[Cl-]. The van der Waals surface area contributed by atoms with Crippen LogP contribution in [-0.2, 0) is 9.53 Å². The molecule has 0 aromatic carbocycles. The normalized spacial score (nSPS) is 14.8. The van der Waals surface area contributed by atoms with Crippen molar-refractivity contribution < 1.29 is 31.1 Å². The Bertz CT molecular complexity index is 769. The quantitative estimate of drug-likeness (QED) is 0.550. The topological polar surface area (TPSA) is 77.3 Å². The zero-order valence-corrected chi connectivity index (χ0v) is 15.3. The van der Waals surface area contributed by atoms with Gasteiger partial charge in [0.25, 0.3) is 5.91 Å². The average Bonchev–Trinajstić information content (AvgIpc) is 2.95. The van der Waals surface area contributed by atoms with Gasteiger partial charge in [-0.1, -0.05) is 19.3 Å². The van der Waals surface area contributed by atoms with Crippen molar-refractivity contribution in [2.75, 3.05) is 19.0 Å². The number of hydrogen-bond donors (Lipinski definition) is 1. The Hall–Kier alpha value is -2.15. The fraction of sp³-hybridized carbons (Fsp3) is 0.529. The van der Waals surface area contributed by atoms with Crippen LogP contribution in [0.5, 0.6) is 0 Å². The fourth-order valence-corrected chi connectivity index (χ4v) is 3.51. The first kappa shape index (κ1) is 19.2. The van der Waals surface area contributed by atoms with Crippen LogP contribution in [0.1, 0.15) is 55.4 Å². The first-order valence-corrected chi connectivity index (χ1v) is 8.36. The largest absolute Gasteiger partial charge is 1.00 e. The molecule has 3 rings (SSSR count). The summed E-state index contributed by atoms with van der Waals surface area (Å²) in [6.07, 6.45) is 9.13. The van der Waals surface area contributed by atoms with Crippen LogP contribution in [-0.4, -0.2) is 35.1 Å². The van der Waals surface area contributed by atoms with Crippen LogP contribution in [0.2, 0.25) is 0 Å². The van der Waals surface area contributed by atoms with Gasteiger partial charge in [-0.05, 0) is 18.9 Å². The van der Waals surface area contributed by atoms with E-state index in [4.69, 9.17) is 4.74 Å². The molecule has 0 unspecified atom stereocenters. The number of aromatic nitrogens is 3. The maximum atomic E-state index is 12.3. The third kappa shape index (κ3) is 3.76. The maximum absolute atomic E-state index is 12.3. The van der Waals surface area contributed by atoms with Crippen molar-refractivity contribution >= 4 is 23.5 Å². The summed E-state index contributed by atoms with van der Waals surface area (Å²) in [6, 6.07) is 1.81. The zero-order chi connectivity index (χ0) is 17.1. The molecule has 0 radical (unpaired) electrons. The van der Waals surface area contributed by atoms with Gasteiger partial charge in [0, 0.05) is 12.8 Å². The second-order valence-corrected chi connectivity index (χ2v) is 6.14. The molecule has 8 heteroatoms. The van der Waals surface area contributed by atoms with Gasteiger partial charge in [0.2, 0.25) is 5.82 Å². The van der Waals surface area contributed by atoms with E-state index in [1.165, 1.54) is 13.5 Å². The third-order valence-corrected chi connectivity index (χ3v) is 4.59. The molecule has 1 saturated carbocycles. The number of esters is 1. The molecule has 2 aromatic heterocycles. The standard InChI is InChI=1S/C17H23N4O3.ClH/c1-12(22)21-15(13-7-4-3-5-8-13)16(19-11-14(23)24-2)20-10-6-9-18-17(20)21;/h6,9-10,13,19H,3-5,7-8,11H2,1-2H3;1H/q+1;/p-1. The second kappa shape index (κ2) is 8.29. The highest BCUT2D eigenvalue weighted by Gasteiger charge is 2.33. The van der Waals surface area contributed by atoms with Crippen LogP contribution in [0.15, 0.2) is 18.5 Å². The fourth-order valence-electron chi connectivity index (χ4n) is 3.51. The summed E-state index contributed by atoms with van der Waals surface area (Å²) < 4.78 is 8.24. The zero-order valence-electron chi connectivity index (χ0n) is 14.5. The molecule has 7 nitrogen and oxygen atoms in total. The number of fused-ring (bicyclic) bond motifs is 1. The molecule has 2 heterocycles. The molecule has 0 atom stereocenters. The molecule has 0 saturated heterocycles. The van der Waals surface area contributed by atoms with E-state index in [0.717, 1.165) is 37.2 Å². The molecular weight excluding hydrogens is 344 g/mol. The molecule has 25 heavy (non-hydrogen) atoms. The first-order chi connectivity index (χ1) is 11.6. The van der Waals surface area contributed by atoms with Crippen LogP contribution in [0, 0.1) is 0 Å². The van der Waals surface area contributed by atoms with E-state index in [-0.39, 0.29) is 36.7 Å². The van der Waals surface area contributed by atoms with Crippen molar-refractivity contribution in [1.82, 2.24) is 9.55 Å². The predicted octanol–water partition coefficient (Wildman–Crippen LogP) is -1.08. The number of rotatable bonds is 4. The maximum Gasteiger partial charge on any atom is 0.366 e. The molecule has 1 N–H and O–H groups in total. The second-order valence-electron chi connectivity index (χ2n) is 6.14. The van der Waals surface area contributed by atoms with Crippen LogP contribution in [0.4, 0.5) is 5.82 Å². The van der Waals surface area contributed by atoms with E-state index >= 15 is 0 Å². The van der Waals surface area contributed by atoms with Gasteiger partial charge in [-0.25, -0.2) is 4.79 Å². The molecular formula is C17H23ClN4O3. The summed E-state index contributed by atoms with van der Waals surface area (Å²) in [5, 5.41) is 3.15. The van der Waals surface area contributed by atoms with Crippen molar-refractivity contribution in [3.63, 3.8) is 0 Å². The molecule has 136 valence electrons. The van der Waals surface area contributed by atoms with E-state index in [9.17, 15) is 9.59 Å². The van der Waals surface area contributed by atoms with Gasteiger partial charge in [0.1, 0.15) is 12.2 Å². The van der Waals surface area contributed by atoms with Crippen molar-refractivity contribution in [3.05, 3.63) is 24.2 Å². The minimum absolute atomic E-state index is 0. The van der Waals surface area contributed by atoms with Crippen LogP contribution < -0.4 is 22.1 Å². The summed E-state index contributed by atoms with van der Waals surface area (Å²) in [6.45, 7) is 1.60. The lowest BCUT2D eigenvalue weighted by molar-refractivity contribution is -0.498. The number of nitrogens with one attached hydrogen (secondary N) is 1. The van der Waals surface area contributed by atoms with Gasteiger partial charge >= 0.3 is 11.7 Å². The number of hydrogen-bond acceptors (Lipinski definition) is 5. The highest BCUT2D eigenvalue weighted by molar-refractivity contribution is 5.82. The van der Waals surface area contributed by atoms with E-state index in [2.05, 4.69) is 10.3 Å². The van der Waals surface area contributed by atoms with Gasteiger partial charge in [0.15, 0.2) is 0 Å². The minimum atomic E-state index is -0.349. The smallest absolute Gasteiger partial charge is 0.366 e. The Labute approximate surface area is 152 Å². The Morgan fingerprint density at radius 3 is 2.72 bits per heavy atom. The van der Waals surface area contributed by atoms with Gasteiger partial charge < -0.3 is 22.5 Å². The monoisotopic (exact) mass is 366 g/mol. The average molecular weight is 367 g/mol. The molecule has 0 bridgehead atoms. The third-order valence-electron chi connectivity index (χ3n) is 4.59. The lowest BCUT2D eigenvalue weighted by atomic mass is 9.86. The highest BCUT2D eigenvalue weighted by Crippen LogP contribution is 2.36. The minimum Gasteiger partial charge on any atom is -1.00 e. The summed E-state index contributed by atoms with van der Waals surface area (Å²) >= 11 is 0. The van der Waals surface area contributed by atoms with Crippen LogP contribution in [0.3, 0.4) is 0 Å². The Balaban J connectivity index is 0.00000225. The van der Waals surface area contributed by atoms with Gasteiger partial charge in [-0.2, -0.15) is 8.97 Å². The van der Waals surface area contributed by atoms with Crippen molar-refractivity contribution in [2.45, 2.75) is 44.9 Å².